The zero-order valence-corrected chi connectivity index (χ0v) is 12.2. The van der Waals surface area contributed by atoms with Crippen LogP contribution in [-0.4, -0.2) is 37.0 Å². The molecule has 7 heteroatoms. The summed E-state index contributed by atoms with van der Waals surface area (Å²) in [6.45, 7) is 3.26. The summed E-state index contributed by atoms with van der Waals surface area (Å²) in [5.74, 6) is 0.0663. The van der Waals surface area contributed by atoms with Crippen molar-refractivity contribution in [2.75, 3.05) is 25.0 Å². The van der Waals surface area contributed by atoms with Gasteiger partial charge in [0.25, 0.3) is 11.6 Å². The molecular formula is C14H20N4O3. The second-order valence-electron chi connectivity index (χ2n) is 5.38. The number of rotatable bonds is 4. The van der Waals surface area contributed by atoms with Crippen molar-refractivity contribution >= 4 is 17.3 Å². The van der Waals surface area contributed by atoms with E-state index in [4.69, 9.17) is 5.73 Å². The summed E-state index contributed by atoms with van der Waals surface area (Å²) in [6, 6.07) is 4.62. The summed E-state index contributed by atoms with van der Waals surface area (Å²) < 4.78 is 0. The van der Waals surface area contributed by atoms with E-state index >= 15 is 0 Å². The quantitative estimate of drug-likeness (QED) is 0.640. The number of carbonyl (C=O) groups is 1. The van der Waals surface area contributed by atoms with Crippen molar-refractivity contribution in [1.82, 2.24) is 5.32 Å². The number of carbonyl (C=O) groups excluding carboxylic acids is 1. The van der Waals surface area contributed by atoms with Crippen LogP contribution in [0.4, 0.5) is 11.4 Å². The third-order valence-electron chi connectivity index (χ3n) is 3.97. The average molecular weight is 292 g/mol. The van der Waals surface area contributed by atoms with E-state index in [1.54, 1.807) is 6.07 Å². The minimum Gasteiger partial charge on any atom is -0.363 e. The second kappa shape index (κ2) is 6.09. The van der Waals surface area contributed by atoms with E-state index in [1.165, 1.54) is 19.2 Å². The van der Waals surface area contributed by atoms with Crippen molar-refractivity contribution in [3.8, 4) is 0 Å². The Bertz CT molecular complexity index is 561. The average Bonchev–Trinajstić information content (AvgIpc) is 2.86. The SMILES string of the molecule is CNC(=O)c1ccc([N+](=O)[O-])c(N2CC(CN)CC2C)c1. The highest BCUT2D eigenvalue weighted by Crippen LogP contribution is 2.35. The lowest BCUT2D eigenvalue weighted by molar-refractivity contribution is -0.384. The first kappa shape index (κ1) is 15.2. The fourth-order valence-corrected chi connectivity index (χ4v) is 2.84. The van der Waals surface area contributed by atoms with E-state index in [9.17, 15) is 14.9 Å². The Morgan fingerprint density at radius 1 is 1.57 bits per heavy atom. The number of nitrogens with zero attached hydrogens (tertiary/aromatic N) is 2. The van der Waals surface area contributed by atoms with Gasteiger partial charge in [-0.25, -0.2) is 0 Å². The van der Waals surface area contributed by atoms with E-state index < -0.39 is 4.92 Å². The molecule has 1 saturated heterocycles. The van der Waals surface area contributed by atoms with Gasteiger partial charge in [0.05, 0.1) is 4.92 Å². The molecule has 0 aromatic heterocycles. The van der Waals surface area contributed by atoms with E-state index in [0.29, 0.717) is 30.3 Å². The third kappa shape index (κ3) is 2.97. The topological polar surface area (TPSA) is 101 Å². The summed E-state index contributed by atoms with van der Waals surface area (Å²) in [7, 11) is 1.53. The molecule has 1 aliphatic heterocycles. The van der Waals surface area contributed by atoms with Gasteiger partial charge in [-0.2, -0.15) is 0 Å². The summed E-state index contributed by atoms with van der Waals surface area (Å²) in [6.07, 6.45) is 0.901. The van der Waals surface area contributed by atoms with Gasteiger partial charge in [-0.1, -0.05) is 0 Å². The van der Waals surface area contributed by atoms with Gasteiger partial charge in [0, 0.05) is 31.3 Å². The number of nitrogens with one attached hydrogen (secondary N) is 1. The van der Waals surface area contributed by atoms with Crippen molar-refractivity contribution < 1.29 is 9.72 Å². The standard InChI is InChI=1S/C14H20N4O3/c1-9-5-10(7-15)8-17(9)13-6-11(14(19)16-2)3-4-12(13)18(20)21/h3-4,6,9-10H,5,7-8,15H2,1-2H3,(H,16,19). The van der Waals surface area contributed by atoms with Crippen molar-refractivity contribution in [2.24, 2.45) is 11.7 Å². The van der Waals surface area contributed by atoms with Crippen molar-refractivity contribution in [1.29, 1.82) is 0 Å². The van der Waals surface area contributed by atoms with Crippen LogP contribution in [0.1, 0.15) is 23.7 Å². The maximum absolute atomic E-state index is 11.7. The molecular weight excluding hydrogens is 272 g/mol. The Hall–Kier alpha value is -2.15. The molecule has 7 nitrogen and oxygen atoms in total. The maximum atomic E-state index is 11.7. The molecule has 1 amide bonds. The fourth-order valence-electron chi connectivity index (χ4n) is 2.84. The van der Waals surface area contributed by atoms with Crippen LogP contribution in [0.2, 0.25) is 0 Å². The molecule has 1 aromatic rings. The van der Waals surface area contributed by atoms with Crippen molar-refractivity contribution in [3.63, 3.8) is 0 Å². The highest BCUT2D eigenvalue weighted by Gasteiger charge is 2.32. The molecule has 1 aromatic carbocycles. The summed E-state index contributed by atoms with van der Waals surface area (Å²) in [5.41, 5.74) is 6.64. The maximum Gasteiger partial charge on any atom is 0.292 e. The molecule has 21 heavy (non-hydrogen) atoms. The van der Waals surface area contributed by atoms with Crippen LogP contribution in [0.5, 0.6) is 0 Å². The zero-order chi connectivity index (χ0) is 15.6. The Morgan fingerprint density at radius 3 is 2.81 bits per heavy atom. The summed E-state index contributed by atoms with van der Waals surface area (Å²) >= 11 is 0. The minimum absolute atomic E-state index is 0.0205. The third-order valence-corrected chi connectivity index (χ3v) is 3.97. The van der Waals surface area contributed by atoms with E-state index in [0.717, 1.165) is 6.42 Å². The highest BCUT2D eigenvalue weighted by atomic mass is 16.6. The van der Waals surface area contributed by atoms with Gasteiger partial charge in [-0.15, -0.1) is 0 Å². The first-order valence-corrected chi connectivity index (χ1v) is 6.95. The molecule has 0 bridgehead atoms. The number of nitrogens with two attached hydrogens (primary N) is 1. The smallest absolute Gasteiger partial charge is 0.292 e. The number of nitro benzene ring substituents is 1. The number of benzene rings is 1. The second-order valence-corrected chi connectivity index (χ2v) is 5.38. The first-order valence-electron chi connectivity index (χ1n) is 6.95. The molecule has 0 saturated carbocycles. The molecule has 0 aliphatic carbocycles. The largest absolute Gasteiger partial charge is 0.363 e. The summed E-state index contributed by atoms with van der Waals surface area (Å²) in [5, 5.41) is 13.8. The van der Waals surface area contributed by atoms with Crippen LogP contribution < -0.4 is 16.0 Å². The van der Waals surface area contributed by atoms with Crippen LogP contribution in [0.3, 0.4) is 0 Å². The lowest BCUT2D eigenvalue weighted by Gasteiger charge is -2.24. The number of hydrogen-bond acceptors (Lipinski definition) is 5. The van der Waals surface area contributed by atoms with Crippen LogP contribution in [-0.2, 0) is 0 Å². The molecule has 114 valence electrons. The van der Waals surface area contributed by atoms with Gasteiger partial charge >= 0.3 is 0 Å². The molecule has 2 atom stereocenters. The highest BCUT2D eigenvalue weighted by molar-refractivity contribution is 5.95. The first-order chi connectivity index (χ1) is 9.97. The Labute approximate surface area is 123 Å². The lowest BCUT2D eigenvalue weighted by Crippen LogP contribution is -2.29. The molecule has 0 radical (unpaired) electrons. The van der Waals surface area contributed by atoms with Crippen LogP contribution >= 0.6 is 0 Å². The molecule has 3 N–H and O–H groups in total. The molecule has 1 heterocycles. The zero-order valence-electron chi connectivity index (χ0n) is 12.2. The Morgan fingerprint density at radius 2 is 2.29 bits per heavy atom. The number of amides is 1. The Kier molecular flexibility index (Phi) is 4.42. The lowest BCUT2D eigenvalue weighted by atomic mass is 10.1. The van der Waals surface area contributed by atoms with Gasteiger partial charge in [0.15, 0.2) is 0 Å². The van der Waals surface area contributed by atoms with Crippen molar-refractivity contribution in [2.45, 2.75) is 19.4 Å². The van der Waals surface area contributed by atoms with Gasteiger partial charge in [-0.05, 0) is 37.9 Å². The molecule has 0 spiro atoms. The molecule has 1 aliphatic rings. The summed E-state index contributed by atoms with van der Waals surface area (Å²) in [4.78, 5) is 24.5. The molecule has 2 rings (SSSR count). The fraction of sp³-hybridized carbons (Fsp3) is 0.500. The van der Waals surface area contributed by atoms with E-state index in [2.05, 4.69) is 5.32 Å². The van der Waals surface area contributed by atoms with E-state index in [1.807, 2.05) is 11.8 Å². The van der Waals surface area contributed by atoms with Crippen LogP contribution in [0.15, 0.2) is 18.2 Å². The predicted octanol–water partition coefficient (Wildman–Crippen LogP) is 1.13. The predicted molar refractivity (Wildman–Crippen MR) is 80.5 cm³/mol. The van der Waals surface area contributed by atoms with Crippen molar-refractivity contribution in [3.05, 3.63) is 33.9 Å². The number of nitro groups is 1. The van der Waals surface area contributed by atoms with Gasteiger partial charge < -0.3 is 16.0 Å². The molecule has 2 unspecified atom stereocenters. The van der Waals surface area contributed by atoms with Gasteiger partial charge in [0.2, 0.25) is 0 Å². The van der Waals surface area contributed by atoms with Crippen LogP contribution in [0, 0.1) is 16.0 Å². The number of hydrogen-bond donors (Lipinski definition) is 2. The minimum atomic E-state index is -0.411. The monoisotopic (exact) mass is 292 g/mol. The van der Waals surface area contributed by atoms with E-state index in [-0.39, 0.29) is 17.6 Å². The van der Waals surface area contributed by atoms with Gasteiger partial charge in [0.1, 0.15) is 5.69 Å². The Balaban J connectivity index is 2.44. The molecule has 1 fully saturated rings. The van der Waals surface area contributed by atoms with Gasteiger partial charge in [-0.3, -0.25) is 14.9 Å². The normalized spacial score (nSPS) is 21.4. The number of anilines is 1. The van der Waals surface area contributed by atoms with Crippen LogP contribution in [0.25, 0.3) is 0 Å².